The second-order valence-corrected chi connectivity index (χ2v) is 19.9. The Labute approximate surface area is 410 Å². The van der Waals surface area contributed by atoms with Crippen LogP contribution in [0.1, 0.15) is 76.3 Å². The quantitative estimate of drug-likeness (QED) is 0.0548. The number of hydrogen-bond donors (Lipinski definition) is 0. The average molecular weight is 940 g/mol. The van der Waals surface area contributed by atoms with Crippen molar-refractivity contribution in [3.8, 4) is 17.2 Å². The molecule has 2 saturated heterocycles. The van der Waals surface area contributed by atoms with Crippen molar-refractivity contribution in [3.05, 3.63) is 126 Å². The number of aromatic nitrogens is 3. The largest absolute Gasteiger partial charge is 0.456 e. The van der Waals surface area contributed by atoms with Crippen molar-refractivity contribution in [1.82, 2.24) is 14.5 Å². The molecule has 70 heavy (non-hydrogen) atoms. The van der Waals surface area contributed by atoms with Gasteiger partial charge in [0.2, 0.25) is 5.95 Å². The first-order chi connectivity index (χ1) is 34.5. The van der Waals surface area contributed by atoms with E-state index in [-0.39, 0.29) is 10.8 Å². The number of unbranched alkanes of at least 4 members (excludes halogenated alkanes) is 4. The van der Waals surface area contributed by atoms with E-state index in [1.807, 2.05) is 12.1 Å². The number of benzene rings is 6. The topological polar surface area (TPSA) is 99.2 Å². The van der Waals surface area contributed by atoms with Crippen LogP contribution in [0.2, 0.25) is 0 Å². The van der Waals surface area contributed by atoms with Crippen LogP contribution in [-0.4, -0.2) is 80.6 Å². The van der Waals surface area contributed by atoms with Crippen molar-refractivity contribution >= 4 is 65.4 Å². The highest BCUT2D eigenvalue weighted by atomic mass is 16.5. The zero-order valence-corrected chi connectivity index (χ0v) is 40.8. The molecule has 2 aliphatic rings. The fourth-order valence-electron chi connectivity index (χ4n) is 10.3. The summed E-state index contributed by atoms with van der Waals surface area (Å²) >= 11 is 0. The Bertz CT molecular complexity index is 3230. The van der Waals surface area contributed by atoms with Crippen molar-refractivity contribution in [2.24, 2.45) is 10.8 Å². The molecule has 10 nitrogen and oxygen atoms in total. The zero-order valence-electron chi connectivity index (χ0n) is 40.8. The van der Waals surface area contributed by atoms with Gasteiger partial charge in [0.1, 0.15) is 11.2 Å². The van der Waals surface area contributed by atoms with Crippen molar-refractivity contribution < 1.29 is 32.8 Å². The van der Waals surface area contributed by atoms with E-state index >= 15 is 0 Å². The summed E-state index contributed by atoms with van der Waals surface area (Å²) in [6, 6.07) is 40.7. The maximum absolute atomic E-state index is 6.69. The van der Waals surface area contributed by atoms with E-state index in [1.54, 1.807) is 0 Å². The lowest BCUT2D eigenvalue weighted by Crippen LogP contribution is -2.45. The number of fused-ring (bicyclic) bond motifs is 9. The third kappa shape index (κ3) is 9.45. The van der Waals surface area contributed by atoms with E-state index in [0.717, 1.165) is 192 Å². The van der Waals surface area contributed by atoms with E-state index in [0.29, 0.717) is 32.4 Å². The lowest BCUT2D eigenvalue weighted by molar-refractivity contribution is -0.150. The van der Waals surface area contributed by atoms with Gasteiger partial charge in [-0.1, -0.05) is 92.7 Å². The molecule has 0 unspecified atom stereocenters. The normalized spacial score (nSPS) is 15.5. The second-order valence-electron chi connectivity index (χ2n) is 19.9. The molecule has 2 aliphatic heterocycles. The van der Waals surface area contributed by atoms with Crippen LogP contribution >= 0.6 is 0 Å². The molecule has 11 rings (SSSR count). The molecule has 6 aromatic carbocycles. The molecule has 362 valence electrons. The van der Waals surface area contributed by atoms with Crippen molar-refractivity contribution in [2.75, 3.05) is 66.1 Å². The minimum atomic E-state index is 0.227. The molecule has 9 aromatic rings. The summed E-state index contributed by atoms with van der Waals surface area (Å²) in [4.78, 5) is 10.8. The maximum atomic E-state index is 6.69. The Kier molecular flexibility index (Phi) is 14.0. The number of ether oxygens (including phenoxy) is 6. The highest BCUT2D eigenvalue weighted by Gasteiger charge is 2.37. The summed E-state index contributed by atoms with van der Waals surface area (Å²) < 4.78 is 44.7. The van der Waals surface area contributed by atoms with Gasteiger partial charge in [-0.2, -0.15) is 0 Å². The molecular formula is C60H65N3O7. The van der Waals surface area contributed by atoms with Crippen LogP contribution < -0.4 is 0 Å². The number of rotatable bonds is 24. The summed E-state index contributed by atoms with van der Waals surface area (Å²) in [5.41, 5.74) is 9.25. The molecule has 0 aliphatic carbocycles. The smallest absolute Gasteiger partial charge is 0.235 e. The summed E-state index contributed by atoms with van der Waals surface area (Å²) in [7, 11) is 0. The highest BCUT2D eigenvalue weighted by Crippen LogP contribution is 2.42. The van der Waals surface area contributed by atoms with E-state index < -0.39 is 0 Å². The van der Waals surface area contributed by atoms with Gasteiger partial charge in [-0.25, -0.2) is 9.97 Å². The van der Waals surface area contributed by atoms with Gasteiger partial charge in [0, 0.05) is 81.2 Å². The lowest BCUT2D eigenvalue weighted by atomic mass is 9.84. The minimum Gasteiger partial charge on any atom is -0.456 e. The minimum absolute atomic E-state index is 0.227. The standard InChI is InChI=1S/C60H65N3O7/c1-3-59(38-68-39-59)36-66-28-16-6-14-26-64-34-42-24-25-54-49(30-42)50-32-48-51-31-44(35-65-27-15-7-17-29-67-37-60(4-2)40-69-41-60)45-20-10-11-21-46(45)57(51)63(53(48)33-55(50)70-54)58-61-52-23-13-12-22-47(52)56(62-58)43-18-8-5-9-19-43/h5,8-13,18-25,30-33H,3-4,6-7,14-17,26-29,34-41H2,1-2H3. The Balaban J connectivity index is 0.891. The van der Waals surface area contributed by atoms with Crippen LogP contribution in [0.15, 0.2) is 120 Å². The van der Waals surface area contributed by atoms with Gasteiger partial charge in [0.25, 0.3) is 0 Å². The highest BCUT2D eigenvalue weighted by molar-refractivity contribution is 6.23. The van der Waals surface area contributed by atoms with Gasteiger partial charge in [0.15, 0.2) is 0 Å². The van der Waals surface area contributed by atoms with E-state index in [1.165, 1.54) is 0 Å². The van der Waals surface area contributed by atoms with Crippen LogP contribution in [-0.2, 0) is 41.6 Å². The molecule has 0 N–H and O–H groups in total. The van der Waals surface area contributed by atoms with Crippen LogP contribution in [0.4, 0.5) is 0 Å². The molecule has 2 fully saturated rings. The van der Waals surface area contributed by atoms with Gasteiger partial charge in [-0.3, -0.25) is 4.57 Å². The summed E-state index contributed by atoms with van der Waals surface area (Å²) in [6.07, 6.45) is 8.42. The van der Waals surface area contributed by atoms with Gasteiger partial charge in [-0.15, -0.1) is 0 Å². The molecule has 3 aromatic heterocycles. The third-order valence-corrected chi connectivity index (χ3v) is 15.0. The van der Waals surface area contributed by atoms with Gasteiger partial charge in [0.05, 0.1) is 75.1 Å². The van der Waals surface area contributed by atoms with E-state index in [4.69, 9.17) is 42.8 Å². The van der Waals surface area contributed by atoms with Gasteiger partial charge < -0.3 is 32.8 Å². The predicted octanol–water partition coefficient (Wildman–Crippen LogP) is 13.7. The van der Waals surface area contributed by atoms with E-state index in [2.05, 4.69) is 122 Å². The predicted molar refractivity (Wildman–Crippen MR) is 280 cm³/mol. The SMILES string of the molecule is CCC1(COCCCCCOCc2ccc3oc4cc5c(cc4c3c2)c2cc(COCCCCCOCC3(CC)COC3)c3ccccc3c2n5-c2nc(-c3ccccc3)c3ccccc3n2)COC1. The molecular weight excluding hydrogens is 875 g/mol. The van der Waals surface area contributed by atoms with Crippen molar-refractivity contribution in [3.63, 3.8) is 0 Å². The number of nitrogens with zero attached hydrogens (tertiary/aromatic N) is 3. The molecule has 0 radical (unpaired) electrons. The lowest BCUT2D eigenvalue weighted by Gasteiger charge is -2.40. The Morgan fingerprint density at radius 2 is 1.13 bits per heavy atom. The Morgan fingerprint density at radius 1 is 0.514 bits per heavy atom. The van der Waals surface area contributed by atoms with E-state index in [9.17, 15) is 0 Å². The summed E-state index contributed by atoms with van der Waals surface area (Å²) in [5.74, 6) is 0.609. The molecule has 0 bridgehead atoms. The first-order valence-corrected chi connectivity index (χ1v) is 25.7. The first kappa shape index (κ1) is 46.7. The third-order valence-electron chi connectivity index (χ3n) is 15.0. The van der Waals surface area contributed by atoms with Crippen LogP contribution in [0.3, 0.4) is 0 Å². The number of para-hydroxylation sites is 1. The van der Waals surface area contributed by atoms with Crippen LogP contribution in [0, 0.1) is 10.8 Å². The number of hydrogen-bond acceptors (Lipinski definition) is 9. The van der Waals surface area contributed by atoms with Crippen LogP contribution in [0.5, 0.6) is 0 Å². The Morgan fingerprint density at radius 3 is 1.80 bits per heavy atom. The average Bonchev–Trinajstić information content (AvgIpc) is 3.90. The molecule has 0 atom stereocenters. The molecule has 0 saturated carbocycles. The summed E-state index contributed by atoms with van der Waals surface area (Å²) in [5, 5.41) is 7.63. The first-order valence-electron chi connectivity index (χ1n) is 25.7. The molecule has 5 heterocycles. The second kappa shape index (κ2) is 20.9. The zero-order chi connectivity index (χ0) is 47.3. The van der Waals surface area contributed by atoms with Gasteiger partial charge in [-0.05, 0) is 98.2 Å². The number of furan rings is 1. The Hall–Kier alpha value is -5.72. The molecule has 0 amide bonds. The molecule has 10 heteroatoms. The fourth-order valence-corrected chi connectivity index (χ4v) is 10.3. The van der Waals surface area contributed by atoms with Crippen molar-refractivity contribution in [1.29, 1.82) is 0 Å². The van der Waals surface area contributed by atoms with Crippen LogP contribution in [0.25, 0.3) is 82.6 Å². The summed E-state index contributed by atoms with van der Waals surface area (Å²) in [6.45, 7) is 13.4. The molecule has 0 spiro atoms. The van der Waals surface area contributed by atoms with Gasteiger partial charge >= 0.3 is 0 Å². The monoisotopic (exact) mass is 939 g/mol. The van der Waals surface area contributed by atoms with Crippen molar-refractivity contribution in [2.45, 2.75) is 78.4 Å². The fraction of sp³-hybridized carbons (Fsp3) is 0.400. The maximum Gasteiger partial charge on any atom is 0.235 e.